The van der Waals surface area contributed by atoms with Crippen LogP contribution in [0.2, 0.25) is 0 Å². The third kappa shape index (κ3) is 3.68. The molecule has 0 saturated carbocycles. The fourth-order valence-corrected chi connectivity index (χ4v) is 2.12. The lowest BCUT2D eigenvalue weighted by Gasteiger charge is -2.24. The highest BCUT2D eigenvalue weighted by Crippen LogP contribution is 2.19. The lowest BCUT2D eigenvalue weighted by atomic mass is 9.96. The Morgan fingerprint density at radius 3 is 2.35 bits per heavy atom. The number of rotatable bonds is 4. The van der Waals surface area contributed by atoms with E-state index in [1.807, 2.05) is 42.5 Å². The molecular weight excluding hydrogens is 318 g/mol. The van der Waals surface area contributed by atoms with E-state index in [2.05, 4.69) is 21.2 Å². The van der Waals surface area contributed by atoms with Crippen LogP contribution in [0.15, 0.2) is 59.1 Å². The summed E-state index contributed by atoms with van der Waals surface area (Å²) < 4.78 is 0.922. The molecule has 0 aliphatic carbocycles. The van der Waals surface area contributed by atoms with E-state index in [0.29, 0.717) is 5.56 Å². The van der Waals surface area contributed by atoms with Crippen molar-refractivity contribution in [3.63, 3.8) is 0 Å². The number of carbonyl (C=O) groups excluding carboxylic acids is 1. The Balaban J connectivity index is 2.01. The van der Waals surface area contributed by atoms with Gasteiger partial charge in [0.05, 0.1) is 6.54 Å². The smallest absolute Gasteiger partial charge is 0.251 e. The molecule has 1 unspecified atom stereocenters. The Bertz CT molecular complexity index is 579. The number of amides is 1. The van der Waals surface area contributed by atoms with Gasteiger partial charge in [-0.1, -0.05) is 46.3 Å². The second-order valence-corrected chi connectivity index (χ2v) is 5.75. The van der Waals surface area contributed by atoms with E-state index in [1.54, 1.807) is 19.1 Å². The van der Waals surface area contributed by atoms with Gasteiger partial charge in [0.2, 0.25) is 0 Å². The largest absolute Gasteiger partial charge is 0.384 e. The molecule has 0 radical (unpaired) electrons. The number of hydrogen-bond acceptors (Lipinski definition) is 2. The van der Waals surface area contributed by atoms with Crippen LogP contribution < -0.4 is 5.32 Å². The topological polar surface area (TPSA) is 49.3 Å². The first-order valence-electron chi connectivity index (χ1n) is 6.31. The summed E-state index contributed by atoms with van der Waals surface area (Å²) in [5.41, 5.74) is 0.250. The van der Waals surface area contributed by atoms with Crippen molar-refractivity contribution in [2.24, 2.45) is 0 Å². The molecule has 20 heavy (non-hydrogen) atoms. The number of benzene rings is 2. The van der Waals surface area contributed by atoms with Crippen LogP contribution in [0, 0.1) is 0 Å². The van der Waals surface area contributed by atoms with Gasteiger partial charge < -0.3 is 10.4 Å². The Hall–Kier alpha value is -1.65. The molecule has 0 aromatic heterocycles. The van der Waals surface area contributed by atoms with Crippen molar-refractivity contribution in [3.05, 3.63) is 70.2 Å². The Kier molecular flexibility index (Phi) is 4.57. The number of nitrogens with one attached hydrogen (secondary N) is 1. The van der Waals surface area contributed by atoms with Crippen molar-refractivity contribution >= 4 is 21.8 Å². The summed E-state index contributed by atoms with van der Waals surface area (Å²) in [6.45, 7) is 1.84. The summed E-state index contributed by atoms with van der Waals surface area (Å²) in [5, 5.41) is 13.2. The molecule has 3 nitrogen and oxygen atoms in total. The fraction of sp³-hybridized carbons (Fsp3) is 0.188. The average molecular weight is 334 g/mol. The summed E-state index contributed by atoms with van der Waals surface area (Å²) in [6.07, 6.45) is 0. The van der Waals surface area contributed by atoms with Crippen molar-refractivity contribution in [3.8, 4) is 0 Å². The van der Waals surface area contributed by atoms with Crippen molar-refractivity contribution in [2.45, 2.75) is 12.5 Å². The molecule has 0 aliphatic rings. The molecular formula is C16H16BrNO2. The van der Waals surface area contributed by atoms with E-state index in [-0.39, 0.29) is 12.5 Å². The van der Waals surface area contributed by atoms with Gasteiger partial charge in [0.25, 0.3) is 5.91 Å². The SMILES string of the molecule is CC(O)(CNC(=O)c1ccc(Br)cc1)c1ccccc1. The van der Waals surface area contributed by atoms with Crippen LogP contribution in [-0.2, 0) is 5.60 Å². The molecule has 2 N–H and O–H groups in total. The van der Waals surface area contributed by atoms with Crippen molar-refractivity contribution in [2.75, 3.05) is 6.54 Å². The van der Waals surface area contributed by atoms with Gasteiger partial charge in [-0.05, 0) is 36.8 Å². The minimum absolute atomic E-state index is 0.159. The lowest BCUT2D eigenvalue weighted by molar-refractivity contribution is 0.0526. The highest BCUT2D eigenvalue weighted by atomic mass is 79.9. The van der Waals surface area contributed by atoms with E-state index in [4.69, 9.17) is 0 Å². The minimum atomic E-state index is -1.09. The molecule has 1 atom stereocenters. The molecule has 0 heterocycles. The number of aliphatic hydroxyl groups is 1. The van der Waals surface area contributed by atoms with E-state index in [9.17, 15) is 9.90 Å². The maximum atomic E-state index is 12.0. The van der Waals surface area contributed by atoms with Gasteiger partial charge in [-0.25, -0.2) is 0 Å². The zero-order chi connectivity index (χ0) is 14.6. The molecule has 0 spiro atoms. The number of carbonyl (C=O) groups is 1. The second-order valence-electron chi connectivity index (χ2n) is 4.83. The number of halogens is 1. The van der Waals surface area contributed by atoms with Crippen molar-refractivity contribution in [1.82, 2.24) is 5.32 Å². The third-order valence-electron chi connectivity index (χ3n) is 3.10. The van der Waals surface area contributed by atoms with Crippen LogP contribution in [0.1, 0.15) is 22.8 Å². The van der Waals surface area contributed by atoms with Gasteiger partial charge >= 0.3 is 0 Å². The summed E-state index contributed by atoms with van der Waals surface area (Å²) in [7, 11) is 0. The first kappa shape index (κ1) is 14.8. The predicted octanol–water partition coefficient (Wildman–Crippen LogP) is 3.09. The predicted molar refractivity (Wildman–Crippen MR) is 82.5 cm³/mol. The Morgan fingerprint density at radius 2 is 1.75 bits per heavy atom. The van der Waals surface area contributed by atoms with Crippen molar-refractivity contribution in [1.29, 1.82) is 0 Å². The van der Waals surface area contributed by atoms with E-state index < -0.39 is 5.60 Å². The zero-order valence-corrected chi connectivity index (χ0v) is 12.7. The average Bonchev–Trinajstić information content (AvgIpc) is 2.46. The monoisotopic (exact) mass is 333 g/mol. The molecule has 2 rings (SSSR count). The second kappa shape index (κ2) is 6.20. The summed E-state index contributed by atoms with van der Waals surface area (Å²) in [5.74, 6) is -0.200. The van der Waals surface area contributed by atoms with Crippen LogP contribution in [0.4, 0.5) is 0 Å². The Labute approximate surface area is 126 Å². The maximum Gasteiger partial charge on any atom is 0.251 e. The third-order valence-corrected chi connectivity index (χ3v) is 3.62. The van der Waals surface area contributed by atoms with Crippen LogP contribution >= 0.6 is 15.9 Å². The summed E-state index contributed by atoms with van der Waals surface area (Å²) in [6, 6.07) is 16.4. The van der Waals surface area contributed by atoms with E-state index in [0.717, 1.165) is 10.0 Å². The van der Waals surface area contributed by atoms with Gasteiger partial charge in [0, 0.05) is 10.0 Å². The molecule has 104 valence electrons. The van der Waals surface area contributed by atoms with Crippen LogP contribution in [0.5, 0.6) is 0 Å². The standard InChI is InChI=1S/C16H16BrNO2/c1-16(20,13-5-3-2-4-6-13)11-18-15(19)12-7-9-14(17)10-8-12/h2-10,20H,11H2,1H3,(H,18,19). The summed E-state index contributed by atoms with van der Waals surface area (Å²) in [4.78, 5) is 12.0. The van der Waals surface area contributed by atoms with Gasteiger partial charge in [0.1, 0.15) is 5.60 Å². The maximum absolute atomic E-state index is 12.0. The normalized spacial score (nSPS) is 13.6. The van der Waals surface area contributed by atoms with Gasteiger partial charge in [-0.3, -0.25) is 4.79 Å². The van der Waals surface area contributed by atoms with Crippen LogP contribution in [0.3, 0.4) is 0 Å². The minimum Gasteiger partial charge on any atom is -0.384 e. The molecule has 0 aliphatic heterocycles. The van der Waals surface area contributed by atoms with Crippen LogP contribution in [-0.4, -0.2) is 17.6 Å². The van der Waals surface area contributed by atoms with E-state index >= 15 is 0 Å². The highest BCUT2D eigenvalue weighted by Gasteiger charge is 2.23. The molecule has 2 aromatic carbocycles. The quantitative estimate of drug-likeness (QED) is 0.903. The zero-order valence-electron chi connectivity index (χ0n) is 11.1. The molecule has 0 fully saturated rings. The van der Waals surface area contributed by atoms with Crippen LogP contribution in [0.25, 0.3) is 0 Å². The Morgan fingerprint density at radius 1 is 1.15 bits per heavy atom. The fourth-order valence-electron chi connectivity index (χ4n) is 1.85. The summed E-state index contributed by atoms with van der Waals surface area (Å²) >= 11 is 3.32. The van der Waals surface area contributed by atoms with Crippen molar-refractivity contribution < 1.29 is 9.90 Å². The molecule has 2 aromatic rings. The number of hydrogen-bond donors (Lipinski definition) is 2. The van der Waals surface area contributed by atoms with E-state index in [1.165, 1.54) is 0 Å². The lowest BCUT2D eigenvalue weighted by Crippen LogP contribution is -2.38. The van der Waals surface area contributed by atoms with Gasteiger partial charge in [0.15, 0.2) is 0 Å². The molecule has 0 saturated heterocycles. The molecule has 0 bridgehead atoms. The first-order chi connectivity index (χ1) is 9.49. The highest BCUT2D eigenvalue weighted by molar-refractivity contribution is 9.10. The van der Waals surface area contributed by atoms with Gasteiger partial charge in [-0.15, -0.1) is 0 Å². The molecule has 4 heteroatoms. The van der Waals surface area contributed by atoms with Gasteiger partial charge in [-0.2, -0.15) is 0 Å². The first-order valence-corrected chi connectivity index (χ1v) is 7.10. The molecule has 1 amide bonds.